The number of benzene rings is 2. The van der Waals surface area contributed by atoms with E-state index >= 15 is 0 Å². The summed E-state index contributed by atoms with van der Waals surface area (Å²) < 4.78 is 11.4. The summed E-state index contributed by atoms with van der Waals surface area (Å²) in [6, 6.07) is 12.4. The van der Waals surface area contributed by atoms with Gasteiger partial charge in [0.2, 0.25) is 0 Å². The van der Waals surface area contributed by atoms with Crippen molar-refractivity contribution >= 4 is 39.7 Å². The minimum atomic E-state index is -0.393. The predicted molar refractivity (Wildman–Crippen MR) is 93.4 cm³/mol. The van der Waals surface area contributed by atoms with Crippen LogP contribution in [0.15, 0.2) is 52.0 Å². The number of nitrogens with one attached hydrogen (secondary N) is 1. The van der Waals surface area contributed by atoms with Gasteiger partial charge in [-0.1, -0.05) is 39.7 Å². The van der Waals surface area contributed by atoms with E-state index in [0.29, 0.717) is 16.5 Å². The molecule has 0 aliphatic rings. The molecule has 2 aromatic carbocycles. The van der Waals surface area contributed by atoms with Gasteiger partial charge in [0, 0.05) is 10.0 Å². The van der Waals surface area contributed by atoms with Crippen LogP contribution in [0.1, 0.15) is 5.56 Å². The first-order valence-electron chi connectivity index (χ1n) is 6.63. The number of rotatable bonds is 6. The fourth-order valence-corrected chi connectivity index (χ4v) is 2.29. The number of hydrazone groups is 1. The zero-order valence-electron chi connectivity index (χ0n) is 12.3. The van der Waals surface area contributed by atoms with Gasteiger partial charge in [0.05, 0.1) is 18.3 Å². The molecule has 1 N–H and O–H groups in total. The first kappa shape index (κ1) is 17.3. The molecule has 0 radical (unpaired) electrons. The van der Waals surface area contributed by atoms with Crippen molar-refractivity contribution < 1.29 is 14.3 Å². The van der Waals surface area contributed by atoms with E-state index in [-0.39, 0.29) is 6.61 Å². The second-order valence-electron chi connectivity index (χ2n) is 4.40. The molecule has 2 rings (SSSR count). The number of hydrogen-bond acceptors (Lipinski definition) is 4. The van der Waals surface area contributed by atoms with Crippen molar-refractivity contribution in [1.82, 2.24) is 5.43 Å². The number of methoxy groups -OCH3 is 1. The molecule has 0 aromatic heterocycles. The first-order chi connectivity index (χ1) is 11.1. The van der Waals surface area contributed by atoms with Gasteiger partial charge in [-0.2, -0.15) is 5.10 Å². The molecule has 0 spiro atoms. The lowest BCUT2D eigenvalue weighted by atomic mass is 10.2. The number of para-hydroxylation sites is 1. The van der Waals surface area contributed by atoms with Crippen molar-refractivity contribution in [3.05, 3.63) is 57.5 Å². The van der Waals surface area contributed by atoms with Gasteiger partial charge in [-0.15, -0.1) is 0 Å². The maximum atomic E-state index is 11.7. The van der Waals surface area contributed by atoms with Crippen molar-refractivity contribution in [2.24, 2.45) is 5.10 Å². The summed E-state index contributed by atoms with van der Waals surface area (Å²) in [4.78, 5) is 11.7. The maximum Gasteiger partial charge on any atom is 0.277 e. The molecule has 0 fully saturated rings. The van der Waals surface area contributed by atoms with Gasteiger partial charge in [-0.05, 0) is 30.3 Å². The van der Waals surface area contributed by atoms with E-state index < -0.39 is 5.91 Å². The van der Waals surface area contributed by atoms with Gasteiger partial charge in [0.25, 0.3) is 5.91 Å². The average molecular weight is 398 g/mol. The summed E-state index contributed by atoms with van der Waals surface area (Å²) in [5, 5.41) is 4.33. The lowest BCUT2D eigenvalue weighted by molar-refractivity contribution is -0.123. The Kier molecular flexibility index (Phi) is 6.43. The summed E-state index contributed by atoms with van der Waals surface area (Å²) in [7, 11) is 1.57. The van der Waals surface area contributed by atoms with Gasteiger partial charge >= 0.3 is 0 Å². The number of hydrogen-bond donors (Lipinski definition) is 1. The zero-order chi connectivity index (χ0) is 16.7. The fourth-order valence-electron chi connectivity index (χ4n) is 1.72. The highest BCUT2D eigenvalue weighted by Crippen LogP contribution is 2.23. The standard InChI is InChI=1S/C16H14BrClN2O3/c1-22-14-7-6-12(17)8-11(14)9-19-20-16(21)10-23-15-5-3-2-4-13(15)18/h2-9H,10H2,1H3,(H,20,21)/b19-9+. The number of carbonyl (C=O) groups excluding carboxylic acids is 1. The second kappa shape index (κ2) is 8.55. The van der Waals surface area contributed by atoms with Crippen LogP contribution in [-0.2, 0) is 4.79 Å². The lowest BCUT2D eigenvalue weighted by Gasteiger charge is -2.07. The third kappa shape index (κ3) is 5.26. The van der Waals surface area contributed by atoms with Crippen LogP contribution in [0.25, 0.3) is 0 Å². The second-order valence-corrected chi connectivity index (χ2v) is 5.72. The Labute approximate surface area is 147 Å². The summed E-state index contributed by atoms with van der Waals surface area (Å²) in [5.41, 5.74) is 3.11. The first-order valence-corrected chi connectivity index (χ1v) is 7.80. The molecule has 120 valence electrons. The molecule has 0 aliphatic carbocycles. The molecule has 23 heavy (non-hydrogen) atoms. The molecule has 5 nitrogen and oxygen atoms in total. The fraction of sp³-hybridized carbons (Fsp3) is 0.125. The minimum Gasteiger partial charge on any atom is -0.496 e. The van der Waals surface area contributed by atoms with E-state index in [1.165, 1.54) is 6.21 Å². The molecule has 0 aliphatic heterocycles. The van der Waals surface area contributed by atoms with Gasteiger partial charge in [-0.3, -0.25) is 4.79 Å². The van der Waals surface area contributed by atoms with Crippen molar-refractivity contribution in [2.75, 3.05) is 13.7 Å². The van der Waals surface area contributed by atoms with Crippen LogP contribution in [0, 0.1) is 0 Å². The highest BCUT2D eigenvalue weighted by atomic mass is 79.9. The molecule has 0 heterocycles. The number of nitrogens with zero attached hydrogens (tertiary/aromatic N) is 1. The summed E-state index contributed by atoms with van der Waals surface area (Å²) >= 11 is 9.30. The SMILES string of the molecule is COc1ccc(Br)cc1/C=N/NC(=O)COc1ccccc1Cl. The smallest absolute Gasteiger partial charge is 0.277 e. The molecular formula is C16H14BrClN2O3. The van der Waals surface area contributed by atoms with Crippen LogP contribution in [0.3, 0.4) is 0 Å². The Hall–Kier alpha value is -2.05. The molecule has 2 aromatic rings. The molecule has 0 unspecified atom stereocenters. The number of amides is 1. The average Bonchev–Trinajstić information content (AvgIpc) is 2.54. The van der Waals surface area contributed by atoms with Crippen LogP contribution in [0.2, 0.25) is 5.02 Å². The maximum absolute atomic E-state index is 11.7. The normalized spacial score (nSPS) is 10.6. The van der Waals surface area contributed by atoms with E-state index in [2.05, 4.69) is 26.5 Å². The lowest BCUT2D eigenvalue weighted by Crippen LogP contribution is -2.24. The summed E-state index contributed by atoms with van der Waals surface area (Å²) in [6.07, 6.45) is 1.50. The van der Waals surface area contributed by atoms with E-state index in [9.17, 15) is 4.79 Å². The van der Waals surface area contributed by atoms with Crippen LogP contribution >= 0.6 is 27.5 Å². The number of ether oxygens (including phenoxy) is 2. The number of carbonyl (C=O) groups is 1. The largest absolute Gasteiger partial charge is 0.496 e. The molecule has 0 bridgehead atoms. The zero-order valence-corrected chi connectivity index (χ0v) is 14.6. The van der Waals surface area contributed by atoms with Gasteiger partial charge in [-0.25, -0.2) is 5.43 Å². The van der Waals surface area contributed by atoms with Gasteiger partial charge < -0.3 is 9.47 Å². The third-order valence-corrected chi connectivity index (χ3v) is 3.59. The molecular weight excluding hydrogens is 384 g/mol. The monoisotopic (exact) mass is 396 g/mol. The molecule has 0 saturated carbocycles. The van der Waals surface area contributed by atoms with Crippen molar-refractivity contribution in [2.45, 2.75) is 0 Å². The summed E-state index contributed by atoms with van der Waals surface area (Å²) in [6.45, 7) is -0.184. The van der Waals surface area contributed by atoms with Crippen molar-refractivity contribution in [1.29, 1.82) is 0 Å². The Morgan fingerprint density at radius 2 is 2.09 bits per heavy atom. The van der Waals surface area contributed by atoms with Gasteiger partial charge in [0.15, 0.2) is 6.61 Å². The van der Waals surface area contributed by atoms with Gasteiger partial charge in [0.1, 0.15) is 11.5 Å². The van der Waals surface area contributed by atoms with E-state index in [0.717, 1.165) is 10.0 Å². The Bertz CT molecular complexity index is 722. The van der Waals surface area contributed by atoms with E-state index in [1.54, 1.807) is 37.4 Å². The summed E-state index contributed by atoms with van der Waals surface area (Å²) in [5.74, 6) is 0.704. The van der Waals surface area contributed by atoms with Crippen molar-refractivity contribution in [3.8, 4) is 11.5 Å². The minimum absolute atomic E-state index is 0.184. The highest BCUT2D eigenvalue weighted by molar-refractivity contribution is 9.10. The van der Waals surface area contributed by atoms with Crippen LogP contribution < -0.4 is 14.9 Å². The van der Waals surface area contributed by atoms with E-state index in [1.807, 2.05) is 12.1 Å². The Morgan fingerprint density at radius 3 is 2.83 bits per heavy atom. The third-order valence-electron chi connectivity index (χ3n) is 2.78. The Balaban J connectivity index is 1.89. The van der Waals surface area contributed by atoms with Crippen LogP contribution in [-0.4, -0.2) is 25.8 Å². The topological polar surface area (TPSA) is 59.9 Å². The Morgan fingerprint density at radius 1 is 1.30 bits per heavy atom. The van der Waals surface area contributed by atoms with Crippen molar-refractivity contribution in [3.63, 3.8) is 0 Å². The molecule has 1 amide bonds. The quantitative estimate of drug-likeness (QED) is 0.598. The van der Waals surface area contributed by atoms with Crippen LogP contribution in [0.5, 0.6) is 11.5 Å². The molecule has 7 heteroatoms. The molecule has 0 saturated heterocycles. The predicted octanol–water partition coefficient (Wildman–Crippen LogP) is 3.64. The number of halogens is 2. The van der Waals surface area contributed by atoms with Crippen LogP contribution in [0.4, 0.5) is 0 Å². The van der Waals surface area contributed by atoms with E-state index in [4.69, 9.17) is 21.1 Å². The molecule has 0 atom stereocenters. The highest BCUT2D eigenvalue weighted by Gasteiger charge is 2.05.